The smallest absolute Gasteiger partial charge is 0.127 e. The fraction of sp³-hybridized carbons (Fsp3) is 0.727. The third-order valence-corrected chi connectivity index (χ3v) is 2.98. The van der Waals surface area contributed by atoms with Gasteiger partial charge >= 0.3 is 0 Å². The Bertz CT molecular complexity index is 290. The third-order valence-electron chi connectivity index (χ3n) is 2.98. The van der Waals surface area contributed by atoms with Gasteiger partial charge in [0, 0.05) is 39.0 Å². The van der Waals surface area contributed by atoms with Crippen molar-refractivity contribution in [2.45, 2.75) is 12.5 Å². The van der Waals surface area contributed by atoms with E-state index in [4.69, 9.17) is 10.5 Å². The zero-order valence-electron chi connectivity index (χ0n) is 9.80. The SMILES string of the molecule is COCCN1C=CC(N2CC[C@H](N)C2)=NC1. The molecule has 2 rings (SSSR count). The predicted octanol–water partition coefficient (Wildman–Crippen LogP) is -0.149. The summed E-state index contributed by atoms with van der Waals surface area (Å²) in [5.41, 5.74) is 5.88. The number of nitrogens with zero attached hydrogens (tertiary/aromatic N) is 3. The van der Waals surface area contributed by atoms with E-state index in [1.807, 2.05) is 0 Å². The molecule has 1 atom stereocenters. The predicted molar refractivity (Wildman–Crippen MR) is 64.2 cm³/mol. The van der Waals surface area contributed by atoms with Crippen LogP contribution in [0.2, 0.25) is 0 Å². The number of ether oxygens (including phenoxy) is 1. The zero-order valence-corrected chi connectivity index (χ0v) is 9.80. The monoisotopic (exact) mass is 224 g/mol. The van der Waals surface area contributed by atoms with Gasteiger partial charge in [0.1, 0.15) is 12.5 Å². The lowest BCUT2D eigenvalue weighted by molar-refractivity contribution is 0.170. The molecule has 0 spiro atoms. The van der Waals surface area contributed by atoms with Gasteiger partial charge in [-0.15, -0.1) is 0 Å². The lowest BCUT2D eigenvalue weighted by Gasteiger charge is -2.25. The topological polar surface area (TPSA) is 54.1 Å². The Balaban J connectivity index is 1.82. The largest absolute Gasteiger partial charge is 0.383 e. The maximum atomic E-state index is 5.88. The van der Waals surface area contributed by atoms with Gasteiger partial charge in [0.15, 0.2) is 0 Å². The van der Waals surface area contributed by atoms with E-state index in [0.29, 0.717) is 6.04 Å². The van der Waals surface area contributed by atoms with Gasteiger partial charge in [-0.05, 0) is 12.5 Å². The molecule has 0 aromatic heterocycles. The first-order valence-electron chi connectivity index (χ1n) is 5.76. The van der Waals surface area contributed by atoms with E-state index in [1.54, 1.807) is 7.11 Å². The minimum atomic E-state index is 0.308. The highest BCUT2D eigenvalue weighted by molar-refractivity contribution is 5.93. The molecule has 0 radical (unpaired) electrons. The molecule has 0 aromatic rings. The molecular formula is C11H20N4O. The molecule has 5 heteroatoms. The molecule has 2 aliphatic rings. The van der Waals surface area contributed by atoms with Crippen LogP contribution in [-0.4, -0.2) is 61.7 Å². The minimum absolute atomic E-state index is 0.308. The molecule has 5 nitrogen and oxygen atoms in total. The standard InChI is InChI=1S/C11H20N4O/c1-16-7-6-14-4-3-11(13-9-14)15-5-2-10(12)8-15/h3-4,10H,2,5-9,12H2,1H3/t10-/m0/s1. The first kappa shape index (κ1) is 11.4. The third kappa shape index (κ3) is 2.74. The molecule has 90 valence electrons. The number of aliphatic imine (C=N–C) groups is 1. The van der Waals surface area contributed by atoms with Gasteiger partial charge in [0.2, 0.25) is 0 Å². The molecule has 1 saturated heterocycles. The molecule has 0 aliphatic carbocycles. The molecule has 0 aromatic carbocycles. The lowest BCUT2D eigenvalue weighted by atomic mass is 10.3. The summed E-state index contributed by atoms with van der Waals surface area (Å²) < 4.78 is 5.03. The summed E-state index contributed by atoms with van der Waals surface area (Å²) in [5, 5.41) is 0. The van der Waals surface area contributed by atoms with Crippen molar-refractivity contribution >= 4 is 5.84 Å². The number of nitrogens with two attached hydrogens (primary N) is 1. The van der Waals surface area contributed by atoms with Gasteiger partial charge in [-0.3, -0.25) is 0 Å². The number of rotatable bonds is 3. The normalized spacial score (nSPS) is 25.1. The fourth-order valence-electron chi connectivity index (χ4n) is 1.99. The van der Waals surface area contributed by atoms with E-state index in [2.05, 4.69) is 27.1 Å². The van der Waals surface area contributed by atoms with Crippen LogP contribution in [0, 0.1) is 0 Å². The van der Waals surface area contributed by atoms with Crippen molar-refractivity contribution in [1.29, 1.82) is 0 Å². The Hall–Kier alpha value is -1.07. The summed E-state index contributed by atoms with van der Waals surface area (Å²) in [6.07, 6.45) is 5.22. The van der Waals surface area contributed by atoms with Crippen molar-refractivity contribution in [3.05, 3.63) is 12.3 Å². The van der Waals surface area contributed by atoms with Crippen molar-refractivity contribution in [3.8, 4) is 0 Å². The van der Waals surface area contributed by atoms with Crippen molar-refractivity contribution < 1.29 is 4.74 Å². The van der Waals surface area contributed by atoms with Gasteiger partial charge in [-0.2, -0.15) is 0 Å². The van der Waals surface area contributed by atoms with Crippen molar-refractivity contribution in [2.24, 2.45) is 10.7 Å². The molecule has 2 heterocycles. The molecule has 2 N–H and O–H groups in total. The van der Waals surface area contributed by atoms with Gasteiger partial charge in [-0.1, -0.05) is 0 Å². The number of hydrogen-bond donors (Lipinski definition) is 1. The van der Waals surface area contributed by atoms with E-state index >= 15 is 0 Å². The highest BCUT2D eigenvalue weighted by Crippen LogP contribution is 2.11. The summed E-state index contributed by atoms with van der Waals surface area (Å²) in [4.78, 5) is 8.95. The van der Waals surface area contributed by atoms with Gasteiger partial charge < -0.3 is 20.3 Å². The molecular weight excluding hydrogens is 204 g/mol. The van der Waals surface area contributed by atoms with Crippen LogP contribution < -0.4 is 5.73 Å². The Morgan fingerprint density at radius 3 is 3.06 bits per heavy atom. The second-order valence-electron chi connectivity index (χ2n) is 4.27. The van der Waals surface area contributed by atoms with Gasteiger partial charge in [0.05, 0.1) is 6.61 Å². The molecule has 0 unspecified atom stereocenters. The van der Waals surface area contributed by atoms with Crippen LogP contribution in [0.15, 0.2) is 17.3 Å². The quantitative estimate of drug-likeness (QED) is 0.724. The zero-order chi connectivity index (χ0) is 11.4. The van der Waals surface area contributed by atoms with Crippen molar-refractivity contribution in [2.75, 3.05) is 40.0 Å². The maximum Gasteiger partial charge on any atom is 0.127 e. The minimum Gasteiger partial charge on any atom is -0.383 e. The second-order valence-corrected chi connectivity index (χ2v) is 4.27. The Labute approximate surface area is 96.6 Å². The first-order chi connectivity index (χ1) is 7.79. The second kappa shape index (κ2) is 5.32. The van der Waals surface area contributed by atoms with Crippen LogP contribution in [0.4, 0.5) is 0 Å². The molecule has 2 aliphatic heterocycles. The van der Waals surface area contributed by atoms with Crippen molar-refractivity contribution in [3.63, 3.8) is 0 Å². The molecule has 16 heavy (non-hydrogen) atoms. The number of amidine groups is 1. The number of likely N-dealkylation sites (tertiary alicyclic amines) is 1. The highest BCUT2D eigenvalue weighted by atomic mass is 16.5. The average molecular weight is 224 g/mol. The number of methoxy groups -OCH3 is 1. The van der Waals surface area contributed by atoms with Crippen LogP contribution in [0.1, 0.15) is 6.42 Å². The summed E-state index contributed by atoms with van der Waals surface area (Å²) >= 11 is 0. The van der Waals surface area contributed by atoms with Crippen LogP contribution in [0.5, 0.6) is 0 Å². The van der Waals surface area contributed by atoms with E-state index < -0.39 is 0 Å². The van der Waals surface area contributed by atoms with Gasteiger partial charge in [-0.25, -0.2) is 4.99 Å². The van der Waals surface area contributed by atoms with Gasteiger partial charge in [0.25, 0.3) is 0 Å². The first-order valence-corrected chi connectivity index (χ1v) is 5.76. The Kier molecular flexibility index (Phi) is 3.79. The summed E-state index contributed by atoms with van der Waals surface area (Å²) in [6.45, 7) is 4.32. The highest BCUT2D eigenvalue weighted by Gasteiger charge is 2.21. The maximum absolute atomic E-state index is 5.88. The van der Waals surface area contributed by atoms with Crippen molar-refractivity contribution in [1.82, 2.24) is 9.80 Å². The van der Waals surface area contributed by atoms with Crippen LogP contribution >= 0.6 is 0 Å². The van der Waals surface area contributed by atoms with Crippen LogP contribution in [0.25, 0.3) is 0 Å². The molecule has 0 saturated carbocycles. The number of hydrogen-bond acceptors (Lipinski definition) is 5. The van der Waals surface area contributed by atoms with Crippen LogP contribution in [0.3, 0.4) is 0 Å². The Morgan fingerprint density at radius 2 is 2.50 bits per heavy atom. The average Bonchev–Trinajstić information content (AvgIpc) is 2.74. The molecule has 0 amide bonds. The van der Waals surface area contributed by atoms with Crippen LogP contribution in [-0.2, 0) is 4.74 Å². The molecule has 0 bridgehead atoms. The summed E-state index contributed by atoms with van der Waals surface area (Å²) in [5.74, 6) is 1.07. The summed E-state index contributed by atoms with van der Waals surface area (Å²) in [6, 6.07) is 0.308. The van der Waals surface area contributed by atoms with E-state index in [0.717, 1.165) is 45.2 Å². The fourth-order valence-corrected chi connectivity index (χ4v) is 1.99. The van der Waals surface area contributed by atoms with E-state index in [9.17, 15) is 0 Å². The van der Waals surface area contributed by atoms with E-state index in [-0.39, 0.29) is 0 Å². The lowest BCUT2D eigenvalue weighted by Crippen LogP contribution is -2.34. The van der Waals surface area contributed by atoms with E-state index in [1.165, 1.54) is 0 Å². The molecule has 1 fully saturated rings. The Morgan fingerprint density at radius 1 is 1.62 bits per heavy atom. The summed E-state index contributed by atoms with van der Waals surface area (Å²) in [7, 11) is 1.72.